The van der Waals surface area contributed by atoms with Gasteiger partial charge in [-0.2, -0.15) is 0 Å². The summed E-state index contributed by atoms with van der Waals surface area (Å²) in [5.41, 5.74) is 0.926. The minimum absolute atomic E-state index is 0.109. The van der Waals surface area contributed by atoms with E-state index in [9.17, 15) is 4.39 Å². The summed E-state index contributed by atoms with van der Waals surface area (Å²) in [5, 5.41) is -0.193. The summed E-state index contributed by atoms with van der Waals surface area (Å²) in [4.78, 5) is 0. The molecule has 0 fully saturated rings. The van der Waals surface area contributed by atoms with Gasteiger partial charge in [0.05, 0.1) is 17.0 Å². The zero-order chi connectivity index (χ0) is 13.2. The van der Waals surface area contributed by atoms with Crippen LogP contribution < -0.4 is 4.74 Å². The zero-order valence-corrected chi connectivity index (χ0v) is 12.8. The van der Waals surface area contributed by atoms with Crippen molar-refractivity contribution in [3.05, 3.63) is 28.0 Å². The van der Waals surface area contributed by atoms with E-state index in [4.69, 9.17) is 16.3 Å². The van der Waals surface area contributed by atoms with Crippen LogP contribution in [0.1, 0.15) is 38.1 Å². The minimum Gasteiger partial charge on any atom is -0.496 e. The number of halogens is 3. The lowest BCUT2D eigenvalue weighted by atomic mass is 9.88. The topological polar surface area (TPSA) is 9.23 Å². The lowest BCUT2D eigenvalue weighted by Gasteiger charge is -2.23. The van der Waals surface area contributed by atoms with Crippen molar-refractivity contribution >= 4 is 27.5 Å². The summed E-state index contributed by atoms with van der Waals surface area (Å²) in [7, 11) is 1.52. The van der Waals surface area contributed by atoms with E-state index >= 15 is 0 Å². The fourth-order valence-electron chi connectivity index (χ4n) is 1.61. The van der Waals surface area contributed by atoms with Crippen molar-refractivity contribution in [1.29, 1.82) is 0 Å². The van der Waals surface area contributed by atoms with Crippen LogP contribution in [0, 0.1) is 11.2 Å². The summed E-state index contributed by atoms with van der Waals surface area (Å²) in [6, 6.07) is 3.05. The summed E-state index contributed by atoms with van der Waals surface area (Å²) in [6.45, 7) is 6.36. The van der Waals surface area contributed by atoms with Gasteiger partial charge >= 0.3 is 0 Å². The van der Waals surface area contributed by atoms with Gasteiger partial charge in [-0.1, -0.05) is 20.8 Å². The smallest absolute Gasteiger partial charge is 0.141 e. The quantitative estimate of drug-likeness (QED) is 0.685. The van der Waals surface area contributed by atoms with Gasteiger partial charge in [-0.3, -0.25) is 0 Å². The van der Waals surface area contributed by atoms with E-state index in [0.717, 1.165) is 12.0 Å². The van der Waals surface area contributed by atoms with Gasteiger partial charge in [-0.05, 0) is 33.8 Å². The van der Waals surface area contributed by atoms with Crippen LogP contribution in [0.25, 0.3) is 0 Å². The van der Waals surface area contributed by atoms with Crippen LogP contribution >= 0.6 is 27.5 Å². The van der Waals surface area contributed by atoms with E-state index in [2.05, 4.69) is 36.7 Å². The number of rotatable bonds is 3. The molecule has 1 nitrogen and oxygen atoms in total. The van der Waals surface area contributed by atoms with Gasteiger partial charge in [0.1, 0.15) is 11.6 Å². The summed E-state index contributed by atoms with van der Waals surface area (Å²) < 4.78 is 19.0. The number of alkyl halides is 1. The molecule has 4 heteroatoms. The summed E-state index contributed by atoms with van der Waals surface area (Å²) in [6.07, 6.45) is 0.795. The van der Waals surface area contributed by atoms with Crippen molar-refractivity contribution in [2.45, 2.75) is 32.6 Å². The second-order valence-corrected chi connectivity index (χ2v) is 6.62. The van der Waals surface area contributed by atoms with Crippen molar-refractivity contribution in [1.82, 2.24) is 0 Å². The van der Waals surface area contributed by atoms with Crippen molar-refractivity contribution in [2.75, 3.05) is 7.11 Å². The van der Waals surface area contributed by atoms with E-state index < -0.39 is 0 Å². The lowest BCUT2D eigenvalue weighted by molar-refractivity contribution is 0.362. The molecule has 96 valence electrons. The molecule has 1 rings (SSSR count). The maximum Gasteiger partial charge on any atom is 0.141 e. The fourth-order valence-corrected chi connectivity index (χ4v) is 2.61. The van der Waals surface area contributed by atoms with Crippen LogP contribution in [-0.4, -0.2) is 7.11 Å². The maximum absolute atomic E-state index is 13.4. The highest BCUT2D eigenvalue weighted by Gasteiger charge is 2.22. The molecule has 0 amide bonds. The number of ether oxygens (including phenoxy) is 1. The second-order valence-electron chi connectivity index (χ2n) is 5.24. The van der Waals surface area contributed by atoms with Crippen molar-refractivity contribution < 1.29 is 9.13 Å². The van der Waals surface area contributed by atoms with Gasteiger partial charge in [0.2, 0.25) is 0 Å². The van der Waals surface area contributed by atoms with Crippen LogP contribution in [-0.2, 0) is 0 Å². The van der Waals surface area contributed by atoms with Crippen LogP contribution in [0.5, 0.6) is 5.75 Å². The third-order valence-electron chi connectivity index (χ3n) is 2.40. The van der Waals surface area contributed by atoms with E-state index in [1.54, 1.807) is 6.07 Å². The monoisotopic (exact) mass is 322 g/mol. The number of benzene rings is 1. The first-order chi connectivity index (χ1) is 7.74. The molecule has 0 saturated carbocycles. The molecule has 1 unspecified atom stereocenters. The van der Waals surface area contributed by atoms with E-state index in [1.165, 1.54) is 13.2 Å². The highest BCUT2D eigenvalue weighted by Crippen LogP contribution is 2.40. The van der Waals surface area contributed by atoms with Gasteiger partial charge in [0.25, 0.3) is 0 Å². The molecule has 0 aliphatic heterocycles. The average molecular weight is 324 g/mol. The van der Waals surface area contributed by atoms with Crippen LogP contribution in [0.15, 0.2) is 16.6 Å². The molecule has 0 bridgehead atoms. The Morgan fingerprint density at radius 1 is 1.41 bits per heavy atom. The van der Waals surface area contributed by atoms with Gasteiger partial charge in [-0.15, -0.1) is 11.6 Å². The van der Waals surface area contributed by atoms with Gasteiger partial charge in [-0.25, -0.2) is 4.39 Å². The van der Waals surface area contributed by atoms with E-state index in [0.29, 0.717) is 10.2 Å². The minimum atomic E-state index is -0.342. The van der Waals surface area contributed by atoms with Gasteiger partial charge in [0.15, 0.2) is 0 Å². The van der Waals surface area contributed by atoms with Crippen molar-refractivity contribution in [2.24, 2.45) is 5.41 Å². The van der Waals surface area contributed by atoms with Crippen LogP contribution in [0.3, 0.4) is 0 Å². The van der Waals surface area contributed by atoms with Crippen molar-refractivity contribution in [3.8, 4) is 5.75 Å². The Bertz CT molecular complexity index is 401. The normalized spacial score (nSPS) is 13.6. The Labute approximate surface area is 115 Å². The predicted molar refractivity (Wildman–Crippen MR) is 73.3 cm³/mol. The second kappa shape index (κ2) is 5.57. The van der Waals surface area contributed by atoms with Crippen LogP contribution in [0.2, 0.25) is 0 Å². The first kappa shape index (κ1) is 14.8. The van der Waals surface area contributed by atoms with Gasteiger partial charge < -0.3 is 4.74 Å². The zero-order valence-electron chi connectivity index (χ0n) is 10.5. The van der Waals surface area contributed by atoms with Gasteiger partial charge in [0, 0.05) is 11.6 Å². The molecule has 0 radical (unpaired) electrons. The van der Waals surface area contributed by atoms with Crippen molar-refractivity contribution in [3.63, 3.8) is 0 Å². The maximum atomic E-state index is 13.4. The number of hydrogen-bond acceptors (Lipinski definition) is 1. The lowest BCUT2D eigenvalue weighted by Crippen LogP contribution is -2.09. The molecule has 0 aliphatic rings. The SMILES string of the molecule is COc1cc(F)c(Br)cc1C(Cl)CC(C)(C)C. The first-order valence-electron chi connectivity index (χ1n) is 5.41. The Balaban J connectivity index is 3.08. The molecule has 1 aromatic carbocycles. The fraction of sp³-hybridized carbons (Fsp3) is 0.538. The molecule has 0 aliphatic carbocycles. The van der Waals surface area contributed by atoms with E-state index in [1.807, 2.05) is 0 Å². The largest absolute Gasteiger partial charge is 0.496 e. The Morgan fingerprint density at radius 2 is 2.00 bits per heavy atom. The molecule has 0 saturated heterocycles. The molecule has 1 atom stereocenters. The molecular formula is C13H17BrClFO. The standard InChI is InChI=1S/C13H17BrClFO/c1-13(2,3)7-10(15)8-5-9(14)11(16)6-12(8)17-4/h5-6,10H,7H2,1-4H3. The molecule has 17 heavy (non-hydrogen) atoms. The molecule has 0 aromatic heterocycles. The molecule has 1 aromatic rings. The van der Waals surface area contributed by atoms with E-state index in [-0.39, 0.29) is 16.6 Å². The molecular weight excluding hydrogens is 306 g/mol. The highest BCUT2D eigenvalue weighted by atomic mass is 79.9. The third-order valence-corrected chi connectivity index (χ3v) is 3.40. The average Bonchev–Trinajstić information content (AvgIpc) is 2.18. The predicted octanol–water partition coefficient (Wildman–Crippen LogP) is 5.31. The Morgan fingerprint density at radius 3 is 2.47 bits per heavy atom. The third kappa shape index (κ3) is 4.14. The number of methoxy groups -OCH3 is 1. The highest BCUT2D eigenvalue weighted by molar-refractivity contribution is 9.10. The van der Waals surface area contributed by atoms with Crippen LogP contribution in [0.4, 0.5) is 4.39 Å². The molecule has 0 heterocycles. The number of hydrogen-bond donors (Lipinski definition) is 0. The molecule has 0 spiro atoms. The summed E-state index contributed by atoms with van der Waals surface area (Å²) in [5.74, 6) is 0.153. The Kier molecular flexibility index (Phi) is 4.85. The molecule has 0 N–H and O–H groups in total. The summed E-state index contributed by atoms with van der Waals surface area (Å²) >= 11 is 9.54. The Hall–Kier alpha value is -0.280. The first-order valence-corrected chi connectivity index (χ1v) is 6.64.